The number of rotatable bonds is 13. The van der Waals surface area contributed by atoms with Crippen molar-refractivity contribution in [2.75, 3.05) is 0 Å². The highest BCUT2D eigenvalue weighted by Gasteiger charge is 2.40. The Morgan fingerprint density at radius 3 is 2.65 bits per heavy atom. The lowest BCUT2D eigenvalue weighted by atomic mass is 9.86. The standard InChI is InChI=1S/C20H31FO5/c1-2-3-9-16(21)17(22)12-11-15-14(18(23)13-19(15)24)8-6-4-5-7-10-20(25)26/h4,6,14-16,19,24H,2-3,5,7-13H2,1H3,(H,25,26)/t14-,15+,16?,19-/m1/s1. The molecular formula is C20H31FO5. The molecule has 26 heavy (non-hydrogen) atoms. The van der Waals surface area contributed by atoms with Gasteiger partial charge in [0.1, 0.15) is 5.78 Å². The number of carbonyl (C=O) groups is 3. The van der Waals surface area contributed by atoms with Gasteiger partial charge in [-0.25, -0.2) is 4.39 Å². The first-order valence-electron chi connectivity index (χ1n) is 9.61. The summed E-state index contributed by atoms with van der Waals surface area (Å²) in [5.41, 5.74) is 0. The van der Waals surface area contributed by atoms with Crippen LogP contribution in [-0.2, 0) is 14.4 Å². The van der Waals surface area contributed by atoms with Crippen LogP contribution in [0.15, 0.2) is 12.2 Å². The van der Waals surface area contributed by atoms with E-state index in [1.54, 1.807) is 0 Å². The molecule has 0 aromatic heterocycles. The lowest BCUT2D eigenvalue weighted by molar-refractivity contribution is -0.137. The molecule has 0 aromatic rings. The zero-order valence-corrected chi connectivity index (χ0v) is 15.5. The maximum atomic E-state index is 13.8. The van der Waals surface area contributed by atoms with E-state index in [1.807, 2.05) is 19.1 Å². The van der Waals surface area contributed by atoms with Crippen LogP contribution in [0.1, 0.15) is 71.1 Å². The quantitative estimate of drug-likeness (QED) is 0.381. The molecule has 0 heterocycles. The number of hydrogen-bond donors (Lipinski definition) is 2. The number of aliphatic hydroxyl groups is 1. The smallest absolute Gasteiger partial charge is 0.303 e. The van der Waals surface area contributed by atoms with Crippen LogP contribution >= 0.6 is 0 Å². The highest BCUT2D eigenvalue weighted by Crippen LogP contribution is 2.35. The minimum absolute atomic E-state index is 0.0204. The highest BCUT2D eigenvalue weighted by atomic mass is 19.1. The topological polar surface area (TPSA) is 91.7 Å². The Balaban J connectivity index is 2.46. The first-order valence-corrected chi connectivity index (χ1v) is 9.61. The molecule has 0 saturated heterocycles. The second-order valence-corrected chi connectivity index (χ2v) is 7.12. The number of halogens is 1. The van der Waals surface area contributed by atoms with Crippen molar-refractivity contribution in [3.63, 3.8) is 0 Å². The molecule has 0 spiro atoms. The van der Waals surface area contributed by atoms with Crippen molar-refractivity contribution in [2.45, 2.75) is 83.4 Å². The molecule has 1 aliphatic rings. The summed E-state index contributed by atoms with van der Waals surface area (Å²) < 4.78 is 13.8. The fourth-order valence-electron chi connectivity index (χ4n) is 3.46. The van der Waals surface area contributed by atoms with Crippen LogP contribution < -0.4 is 0 Å². The van der Waals surface area contributed by atoms with E-state index in [-0.39, 0.29) is 43.3 Å². The summed E-state index contributed by atoms with van der Waals surface area (Å²) in [6.07, 6.45) is 5.45. The summed E-state index contributed by atoms with van der Waals surface area (Å²) in [4.78, 5) is 34.4. The highest BCUT2D eigenvalue weighted by molar-refractivity contribution is 5.85. The number of Topliss-reactive ketones (excluding diaryl/α,β-unsaturated/α-hetero) is 2. The number of aliphatic carboxylic acids is 1. The van der Waals surface area contributed by atoms with E-state index in [2.05, 4.69) is 0 Å². The molecule has 6 heteroatoms. The third kappa shape index (κ3) is 7.77. The third-order valence-corrected chi connectivity index (χ3v) is 5.04. The summed E-state index contributed by atoms with van der Waals surface area (Å²) in [5, 5.41) is 18.7. The SMILES string of the molecule is CCCCC(F)C(=O)CC[C@@H]1[C@H](O)CC(=O)[C@@H]1CC=CCCCC(=O)O. The Morgan fingerprint density at radius 2 is 2.00 bits per heavy atom. The van der Waals surface area contributed by atoms with E-state index in [9.17, 15) is 23.9 Å². The zero-order chi connectivity index (χ0) is 19.5. The van der Waals surface area contributed by atoms with Crippen LogP contribution in [0.4, 0.5) is 4.39 Å². The number of ketones is 2. The molecule has 1 fully saturated rings. The number of carboxylic acid groups (broad SMARTS) is 1. The average Bonchev–Trinajstić information content (AvgIpc) is 2.86. The van der Waals surface area contributed by atoms with Crippen LogP contribution in [0, 0.1) is 11.8 Å². The normalized spacial score (nSPS) is 24.3. The zero-order valence-electron chi connectivity index (χ0n) is 15.5. The summed E-state index contributed by atoms with van der Waals surface area (Å²) in [6.45, 7) is 1.94. The molecule has 0 aromatic carbocycles. The lowest BCUT2D eigenvalue weighted by Crippen LogP contribution is -2.23. The number of aliphatic hydroxyl groups excluding tert-OH is 1. The predicted molar refractivity (Wildman–Crippen MR) is 96.5 cm³/mol. The Kier molecular flexibility index (Phi) is 10.3. The Hall–Kier alpha value is -1.56. The predicted octanol–water partition coefficient (Wildman–Crippen LogP) is 3.63. The maximum absolute atomic E-state index is 13.8. The first-order chi connectivity index (χ1) is 12.4. The van der Waals surface area contributed by atoms with Gasteiger partial charge in [0.05, 0.1) is 6.10 Å². The number of carbonyl (C=O) groups excluding carboxylic acids is 2. The van der Waals surface area contributed by atoms with E-state index in [4.69, 9.17) is 5.11 Å². The Bertz CT molecular complexity index is 502. The van der Waals surface area contributed by atoms with Gasteiger partial charge < -0.3 is 10.2 Å². The third-order valence-electron chi connectivity index (χ3n) is 5.04. The number of unbranched alkanes of at least 4 members (excludes halogenated alkanes) is 2. The van der Waals surface area contributed by atoms with Gasteiger partial charge in [0, 0.05) is 25.2 Å². The molecule has 5 nitrogen and oxygen atoms in total. The van der Waals surface area contributed by atoms with E-state index in [0.29, 0.717) is 32.1 Å². The number of alkyl halides is 1. The van der Waals surface area contributed by atoms with Crippen molar-refractivity contribution in [3.05, 3.63) is 12.2 Å². The van der Waals surface area contributed by atoms with Gasteiger partial charge in [-0.1, -0.05) is 31.9 Å². The monoisotopic (exact) mass is 370 g/mol. The van der Waals surface area contributed by atoms with Gasteiger partial charge in [0.15, 0.2) is 12.0 Å². The summed E-state index contributed by atoms with van der Waals surface area (Å²) in [6, 6.07) is 0. The van der Waals surface area contributed by atoms with Gasteiger partial charge in [0.2, 0.25) is 0 Å². The first kappa shape index (κ1) is 22.5. The fourth-order valence-corrected chi connectivity index (χ4v) is 3.46. The van der Waals surface area contributed by atoms with Crippen molar-refractivity contribution in [2.24, 2.45) is 11.8 Å². The number of allylic oxidation sites excluding steroid dienone is 2. The largest absolute Gasteiger partial charge is 0.481 e. The van der Waals surface area contributed by atoms with Crippen LogP contribution in [-0.4, -0.2) is 40.0 Å². The number of carboxylic acids is 1. The lowest BCUT2D eigenvalue weighted by Gasteiger charge is -2.20. The van der Waals surface area contributed by atoms with Gasteiger partial charge in [-0.3, -0.25) is 14.4 Å². The van der Waals surface area contributed by atoms with Crippen LogP contribution in [0.5, 0.6) is 0 Å². The van der Waals surface area contributed by atoms with Gasteiger partial charge in [-0.15, -0.1) is 0 Å². The van der Waals surface area contributed by atoms with Crippen molar-refractivity contribution < 1.29 is 29.0 Å². The molecule has 1 rings (SSSR count). The van der Waals surface area contributed by atoms with Crippen LogP contribution in [0.2, 0.25) is 0 Å². The van der Waals surface area contributed by atoms with E-state index in [0.717, 1.165) is 6.42 Å². The fraction of sp³-hybridized carbons (Fsp3) is 0.750. The molecule has 0 amide bonds. The molecule has 2 N–H and O–H groups in total. The van der Waals surface area contributed by atoms with Gasteiger partial charge >= 0.3 is 5.97 Å². The minimum atomic E-state index is -1.45. The van der Waals surface area contributed by atoms with Crippen LogP contribution in [0.3, 0.4) is 0 Å². The van der Waals surface area contributed by atoms with Gasteiger partial charge in [-0.05, 0) is 38.0 Å². The van der Waals surface area contributed by atoms with E-state index in [1.165, 1.54) is 0 Å². The molecule has 4 atom stereocenters. The van der Waals surface area contributed by atoms with E-state index >= 15 is 0 Å². The molecule has 0 aliphatic heterocycles. The Labute approximate surface area is 154 Å². The van der Waals surface area contributed by atoms with Crippen molar-refractivity contribution >= 4 is 17.5 Å². The number of hydrogen-bond acceptors (Lipinski definition) is 4. The van der Waals surface area contributed by atoms with E-state index < -0.39 is 24.0 Å². The summed E-state index contributed by atoms with van der Waals surface area (Å²) in [5.74, 6) is -1.95. The van der Waals surface area contributed by atoms with Crippen LogP contribution in [0.25, 0.3) is 0 Å². The maximum Gasteiger partial charge on any atom is 0.303 e. The van der Waals surface area contributed by atoms with Crippen molar-refractivity contribution in [1.82, 2.24) is 0 Å². The second-order valence-electron chi connectivity index (χ2n) is 7.12. The molecule has 148 valence electrons. The molecule has 1 unspecified atom stereocenters. The average molecular weight is 370 g/mol. The molecule has 1 saturated carbocycles. The molecule has 0 bridgehead atoms. The van der Waals surface area contributed by atoms with Crippen molar-refractivity contribution in [1.29, 1.82) is 0 Å². The summed E-state index contributed by atoms with van der Waals surface area (Å²) in [7, 11) is 0. The Morgan fingerprint density at radius 1 is 1.27 bits per heavy atom. The summed E-state index contributed by atoms with van der Waals surface area (Å²) >= 11 is 0. The molecule has 1 aliphatic carbocycles. The van der Waals surface area contributed by atoms with Gasteiger partial charge in [-0.2, -0.15) is 0 Å². The van der Waals surface area contributed by atoms with Gasteiger partial charge in [0.25, 0.3) is 0 Å². The molecule has 0 radical (unpaired) electrons. The minimum Gasteiger partial charge on any atom is -0.481 e. The second kappa shape index (κ2) is 11.9. The van der Waals surface area contributed by atoms with Crippen molar-refractivity contribution in [3.8, 4) is 0 Å². The molecular weight excluding hydrogens is 339 g/mol.